The van der Waals surface area contributed by atoms with E-state index in [0.29, 0.717) is 0 Å². The van der Waals surface area contributed by atoms with E-state index >= 15 is 0 Å². The number of aromatic nitrogens is 1. The Kier molecular flexibility index (Phi) is 2.67. The van der Waals surface area contributed by atoms with Crippen molar-refractivity contribution in [2.24, 2.45) is 0 Å². The molecule has 0 aliphatic carbocycles. The molecule has 0 saturated carbocycles. The molecule has 96 valence electrons. The fourth-order valence-corrected chi connectivity index (χ4v) is 2.39. The number of amides is 2. The lowest BCUT2D eigenvalue weighted by atomic mass is 10.1. The average molecular weight is 255 g/mol. The molecule has 1 unspecified atom stereocenters. The smallest absolute Gasteiger partial charge is 0.247 e. The lowest BCUT2D eigenvalue weighted by molar-refractivity contribution is -0.130. The predicted octanol–water partition coefficient (Wildman–Crippen LogP) is 1.09. The van der Waals surface area contributed by atoms with Gasteiger partial charge < -0.3 is 5.32 Å². The summed E-state index contributed by atoms with van der Waals surface area (Å²) in [5.74, 6) is -0.234. The van der Waals surface area contributed by atoms with Gasteiger partial charge in [-0.05, 0) is 19.1 Å². The van der Waals surface area contributed by atoms with Crippen LogP contribution in [0.25, 0.3) is 10.8 Å². The standard InChI is InChI=1S/C14H13N3O2/c1-9-14(19)16-8-13(18)17(9)12-4-2-3-10-7-15-6-5-11(10)12/h2-7,9H,8H2,1H3,(H,16,19). The van der Waals surface area contributed by atoms with Crippen LogP contribution in [0.5, 0.6) is 0 Å². The SMILES string of the molecule is CC1C(=O)NCC(=O)N1c1cccc2cnccc12. The lowest BCUT2D eigenvalue weighted by Gasteiger charge is -2.33. The van der Waals surface area contributed by atoms with Crippen LogP contribution in [-0.2, 0) is 9.59 Å². The number of anilines is 1. The molecule has 5 nitrogen and oxygen atoms in total. The summed E-state index contributed by atoms with van der Waals surface area (Å²) in [7, 11) is 0. The normalized spacial score (nSPS) is 19.6. The summed E-state index contributed by atoms with van der Waals surface area (Å²) in [4.78, 5) is 29.5. The lowest BCUT2D eigenvalue weighted by Crippen LogP contribution is -2.57. The first-order valence-electron chi connectivity index (χ1n) is 6.11. The zero-order chi connectivity index (χ0) is 13.4. The van der Waals surface area contributed by atoms with Crippen LogP contribution < -0.4 is 10.2 Å². The molecular formula is C14H13N3O2. The Morgan fingerprint density at radius 3 is 3.00 bits per heavy atom. The molecule has 1 aromatic heterocycles. The van der Waals surface area contributed by atoms with Crippen LogP contribution in [0.15, 0.2) is 36.7 Å². The van der Waals surface area contributed by atoms with E-state index in [2.05, 4.69) is 10.3 Å². The maximum atomic E-state index is 12.1. The number of carbonyl (C=O) groups excluding carboxylic acids is 2. The van der Waals surface area contributed by atoms with Crippen molar-refractivity contribution in [3.63, 3.8) is 0 Å². The van der Waals surface area contributed by atoms with Crippen molar-refractivity contribution in [2.75, 3.05) is 11.4 Å². The van der Waals surface area contributed by atoms with Gasteiger partial charge in [-0.3, -0.25) is 19.5 Å². The van der Waals surface area contributed by atoms with Gasteiger partial charge in [-0.15, -0.1) is 0 Å². The summed E-state index contributed by atoms with van der Waals surface area (Å²) in [5.41, 5.74) is 0.757. The van der Waals surface area contributed by atoms with E-state index in [9.17, 15) is 9.59 Å². The summed E-state index contributed by atoms with van der Waals surface area (Å²) >= 11 is 0. The van der Waals surface area contributed by atoms with Crippen molar-refractivity contribution >= 4 is 28.3 Å². The molecule has 2 heterocycles. The highest BCUT2D eigenvalue weighted by molar-refractivity contribution is 6.10. The van der Waals surface area contributed by atoms with Crippen molar-refractivity contribution in [2.45, 2.75) is 13.0 Å². The number of pyridine rings is 1. The third-order valence-corrected chi connectivity index (χ3v) is 3.37. The third-order valence-electron chi connectivity index (χ3n) is 3.37. The van der Waals surface area contributed by atoms with Gasteiger partial charge in [0.25, 0.3) is 0 Å². The van der Waals surface area contributed by atoms with Crippen molar-refractivity contribution in [3.8, 4) is 0 Å². The fraction of sp³-hybridized carbons (Fsp3) is 0.214. The van der Waals surface area contributed by atoms with Gasteiger partial charge in [0.15, 0.2) is 0 Å². The molecule has 19 heavy (non-hydrogen) atoms. The number of benzene rings is 1. The number of hydrogen-bond acceptors (Lipinski definition) is 3. The minimum Gasteiger partial charge on any atom is -0.345 e. The van der Waals surface area contributed by atoms with Gasteiger partial charge in [-0.1, -0.05) is 12.1 Å². The highest BCUT2D eigenvalue weighted by atomic mass is 16.2. The van der Waals surface area contributed by atoms with Crippen LogP contribution in [0.2, 0.25) is 0 Å². The van der Waals surface area contributed by atoms with Crippen molar-refractivity contribution in [1.29, 1.82) is 0 Å². The molecule has 1 aliphatic heterocycles. The molecule has 0 bridgehead atoms. The number of hydrogen-bond donors (Lipinski definition) is 1. The molecule has 1 aliphatic rings. The Labute approximate surface area is 110 Å². The molecule has 0 radical (unpaired) electrons. The van der Waals surface area contributed by atoms with E-state index in [4.69, 9.17) is 0 Å². The second-order valence-electron chi connectivity index (χ2n) is 4.53. The summed E-state index contributed by atoms with van der Waals surface area (Å²) in [6, 6.07) is 7.02. The van der Waals surface area contributed by atoms with Crippen LogP contribution in [0.4, 0.5) is 5.69 Å². The molecule has 1 fully saturated rings. The van der Waals surface area contributed by atoms with Gasteiger partial charge in [0.1, 0.15) is 6.04 Å². The average Bonchev–Trinajstić information content (AvgIpc) is 2.44. The maximum absolute atomic E-state index is 12.1. The zero-order valence-electron chi connectivity index (χ0n) is 10.5. The fourth-order valence-electron chi connectivity index (χ4n) is 2.39. The quantitative estimate of drug-likeness (QED) is 0.829. The Morgan fingerprint density at radius 2 is 2.16 bits per heavy atom. The molecular weight excluding hydrogens is 242 g/mol. The molecule has 5 heteroatoms. The molecule has 1 atom stereocenters. The summed E-state index contributed by atoms with van der Waals surface area (Å²) in [6.45, 7) is 1.77. The number of fused-ring (bicyclic) bond motifs is 1. The van der Waals surface area contributed by atoms with Gasteiger partial charge in [0, 0.05) is 23.2 Å². The minimum atomic E-state index is -0.500. The molecule has 3 rings (SSSR count). The number of piperazine rings is 1. The monoisotopic (exact) mass is 255 g/mol. The molecule has 1 N–H and O–H groups in total. The van der Waals surface area contributed by atoms with E-state index in [1.54, 1.807) is 24.2 Å². The Morgan fingerprint density at radius 1 is 1.32 bits per heavy atom. The van der Waals surface area contributed by atoms with E-state index in [-0.39, 0.29) is 18.4 Å². The third kappa shape index (κ3) is 1.83. The molecule has 2 amide bonds. The largest absolute Gasteiger partial charge is 0.345 e. The summed E-state index contributed by atoms with van der Waals surface area (Å²) in [6.07, 6.45) is 3.43. The van der Waals surface area contributed by atoms with Crippen molar-refractivity contribution in [1.82, 2.24) is 10.3 Å². The number of carbonyl (C=O) groups is 2. The van der Waals surface area contributed by atoms with Crippen LogP contribution in [0, 0.1) is 0 Å². The van der Waals surface area contributed by atoms with E-state index in [0.717, 1.165) is 16.5 Å². The van der Waals surface area contributed by atoms with Crippen LogP contribution in [-0.4, -0.2) is 29.4 Å². The van der Waals surface area contributed by atoms with E-state index in [1.165, 1.54) is 0 Å². The van der Waals surface area contributed by atoms with E-state index in [1.807, 2.05) is 24.3 Å². The van der Waals surface area contributed by atoms with Gasteiger partial charge in [-0.25, -0.2) is 0 Å². The number of nitrogens with one attached hydrogen (secondary N) is 1. The molecule has 2 aromatic rings. The van der Waals surface area contributed by atoms with Crippen LogP contribution in [0.1, 0.15) is 6.92 Å². The zero-order valence-corrected chi connectivity index (χ0v) is 10.5. The van der Waals surface area contributed by atoms with Crippen LogP contribution in [0.3, 0.4) is 0 Å². The topological polar surface area (TPSA) is 62.3 Å². The first-order valence-corrected chi connectivity index (χ1v) is 6.11. The number of nitrogens with zero attached hydrogens (tertiary/aromatic N) is 2. The van der Waals surface area contributed by atoms with Gasteiger partial charge in [-0.2, -0.15) is 0 Å². The number of rotatable bonds is 1. The molecule has 0 spiro atoms. The highest BCUT2D eigenvalue weighted by Crippen LogP contribution is 2.28. The Bertz CT molecular complexity index is 663. The first-order chi connectivity index (χ1) is 9.18. The van der Waals surface area contributed by atoms with Crippen LogP contribution >= 0.6 is 0 Å². The van der Waals surface area contributed by atoms with E-state index < -0.39 is 6.04 Å². The highest BCUT2D eigenvalue weighted by Gasteiger charge is 2.32. The predicted molar refractivity (Wildman–Crippen MR) is 71.7 cm³/mol. The van der Waals surface area contributed by atoms with Gasteiger partial charge >= 0.3 is 0 Å². The summed E-state index contributed by atoms with van der Waals surface area (Å²) in [5, 5.41) is 4.46. The van der Waals surface area contributed by atoms with Gasteiger partial charge in [0.2, 0.25) is 11.8 Å². The van der Waals surface area contributed by atoms with Gasteiger partial charge in [0.05, 0.1) is 12.2 Å². The summed E-state index contributed by atoms with van der Waals surface area (Å²) < 4.78 is 0. The first kappa shape index (κ1) is 11.6. The molecule has 1 saturated heterocycles. The second-order valence-corrected chi connectivity index (χ2v) is 4.53. The Balaban J connectivity index is 2.17. The Hall–Kier alpha value is -2.43. The molecule has 1 aromatic carbocycles. The second kappa shape index (κ2) is 4.35. The maximum Gasteiger partial charge on any atom is 0.247 e. The van der Waals surface area contributed by atoms with Crippen molar-refractivity contribution < 1.29 is 9.59 Å². The van der Waals surface area contributed by atoms with Crippen molar-refractivity contribution in [3.05, 3.63) is 36.7 Å². The minimum absolute atomic E-state index is 0.0463.